The molecule has 3 nitrogen and oxygen atoms in total. The van der Waals surface area contributed by atoms with Crippen molar-refractivity contribution in [1.82, 2.24) is 0 Å². The Morgan fingerprint density at radius 3 is 2.53 bits per heavy atom. The molecule has 1 aromatic rings. The standard InChI is InChI=1S/C11H14N2OS/c1-8-3-5-9(6-4-8)10(14)7-15-11(12)13-2/h3-6H,7H2,1-2H3,(H2,12,13). The molecule has 4 heteroatoms. The molecule has 2 N–H and O–H groups in total. The van der Waals surface area contributed by atoms with E-state index in [1.54, 1.807) is 7.05 Å². The van der Waals surface area contributed by atoms with E-state index in [1.807, 2.05) is 31.2 Å². The van der Waals surface area contributed by atoms with E-state index in [9.17, 15) is 4.79 Å². The van der Waals surface area contributed by atoms with Gasteiger partial charge in [0.2, 0.25) is 0 Å². The predicted molar refractivity (Wildman–Crippen MR) is 65.5 cm³/mol. The maximum atomic E-state index is 11.6. The number of rotatable bonds is 3. The van der Waals surface area contributed by atoms with Crippen molar-refractivity contribution in [2.45, 2.75) is 6.92 Å². The minimum absolute atomic E-state index is 0.0756. The van der Waals surface area contributed by atoms with Gasteiger partial charge >= 0.3 is 0 Å². The van der Waals surface area contributed by atoms with E-state index in [0.717, 1.165) is 11.1 Å². The molecule has 1 rings (SSSR count). The molecule has 80 valence electrons. The number of carbonyl (C=O) groups is 1. The average Bonchev–Trinajstić information content (AvgIpc) is 2.26. The largest absolute Gasteiger partial charge is 0.379 e. The van der Waals surface area contributed by atoms with Crippen LogP contribution in [0.2, 0.25) is 0 Å². The molecule has 0 aromatic heterocycles. The molecular formula is C11H14N2OS. The van der Waals surface area contributed by atoms with Crippen LogP contribution in [0.5, 0.6) is 0 Å². The first-order valence-corrected chi connectivity index (χ1v) is 5.57. The van der Waals surface area contributed by atoms with Crippen LogP contribution in [-0.2, 0) is 0 Å². The number of Topliss-reactive ketones (excluding diaryl/α,β-unsaturated/α-hetero) is 1. The van der Waals surface area contributed by atoms with Crippen molar-refractivity contribution >= 4 is 22.7 Å². The SMILES string of the molecule is CN=C(N)SCC(=O)c1ccc(C)cc1. The Morgan fingerprint density at radius 2 is 2.00 bits per heavy atom. The molecule has 0 atom stereocenters. The molecule has 0 amide bonds. The van der Waals surface area contributed by atoms with E-state index < -0.39 is 0 Å². The van der Waals surface area contributed by atoms with E-state index >= 15 is 0 Å². The number of nitrogens with zero attached hydrogens (tertiary/aromatic N) is 1. The summed E-state index contributed by atoms with van der Waals surface area (Å²) in [5.41, 5.74) is 7.35. The fourth-order valence-electron chi connectivity index (χ4n) is 1.03. The lowest BCUT2D eigenvalue weighted by Crippen LogP contribution is -2.11. The van der Waals surface area contributed by atoms with Gasteiger partial charge in [-0.15, -0.1) is 0 Å². The van der Waals surface area contributed by atoms with Crippen LogP contribution in [0, 0.1) is 6.92 Å². The highest BCUT2D eigenvalue weighted by molar-refractivity contribution is 8.14. The maximum Gasteiger partial charge on any atom is 0.173 e. The van der Waals surface area contributed by atoms with Crippen molar-refractivity contribution in [3.8, 4) is 0 Å². The Kier molecular flexibility index (Phi) is 4.37. The van der Waals surface area contributed by atoms with E-state index in [2.05, 4.69) is 4.99 Å². The van der Waals surface area contributed by atoms with Gasteiger partial charge in [-0.05, 0) is 6.92 Å². The van der Waals surface area contributed by atoms with Crippen LogP contribution in [0.1, 0.15) is 15.9 Å². The van der Waals surface area contributed by atoms with Crippen LogP contribution in [0.15, 0.2) is 29.3 Å². The number of aryl methyl sites for hydroxylation is 1. The minimum atomic E-state index is 0.0756. The van der Waals surface area contributed by atoms with Crippen LogP contribution in [0.3, 0.4) is 0 Å². The molecule has 0 saturated carbocycles. The van der Waals surface area contributed by atoms with Crippen LogP contribution < -0.4 is 5.73 Å². The third-order valence-corrected chi connectivity index (χ3v) is 2.83. The Hall–Kier alpha value is -1.29. The monoisotopic (exact) mass is 222 g/mol. The molecular weight excluding hydrogens is 208 g/mol. The van der Waals surface area contributed by atoms with E-state index in [4.69, 9.17) is 5.73 Å². The molecule has 0 spiro atoms. The normalized spacial score (nSPS) is 11.5. The molecule has 0 saturated heterocycles. The zero-order valence-corrected chi connectivity index (χ0v) is 9.67. The van der Waals surface area contributed by atoms with E-state index in [-0.39, 0.29) is 5.78 Å². The number of nitrogens with two attached hydrogens (primary N) is 1. The zero-order valence-electron chi connectivity index (χ0n) is 8.86. The predicted octanol–water partition coefficient (Wildman–Crippen LogP) is 1.86. The number of benzene rings is 1. The quantitative estimate of drug-likeness (QED) is 0.482. The molecule has 0 aliphatic rings. The molecule has 15 heavy (non-hydrogen) atoms. The second-order valence-corrected chi connectivity index (χ2v) is 4.14. The lowest BCUT2D eigenvalue weighted by molar-refractivity contribution is 0.102. The fraction of sp³-hybridized carbons (Fsp3) is 0.273. The van der Waals surface area contributed by atoms with E-state index in [1.165, 1.54) is 11.8 Å². The van der Waals surface area contributed by atoms with Crippen molar-refractivity contribution in [2.75, 3.05) is 12.8 Å². The number of hydrogen-bond acceptors (Lipinski definition) is 3. The second-order valence-electron chi connectivity index (χ2n) is 3.14. The number of aliphatic imine (C=N–C) groups is 1. The lowest BCUT2D eigenvalue weighted by atomic mass is 10.1. The summed E-state index contributed by atoms with van der Waals surface area (Å²) in [6.07, 6.45) is 0. The zero-order chi connectivity index (χ0) is 11.3. The molecule has 0 fully saturated rings. The summed E-state index contributed by atoms with van der Waals surface area (Å²) in [6.45, 7) is 1.99. The summed E-state index contributed by atoms with van der Waals surface area (Å²) in [6, 6.07) is 7.51. The molecule has 0 aliphatic heterocycles. The highest BCUT2D eigenvalue weighted by Crippen LogP contribution is 2.08. The number of thioether (sulfide) groups is 1. The summed E-state index contributed by atoms with van der Waals surface area (Å²) in [5, 5.41) is 0.440. The van der Waals surface area contributed by atoms with Crippen LogP contribution in [-0.4, -0.2) is 23.8 Å². The molecule has 0 radical (unpaired) electrons. The number of hydrogen-bond donors (Lipinski definition) is 1. The van der Waals surface area contributed by atoms with Crippen molar-refractivity contribution in [1.29, 1.82) is 0 Å². The van der Waals surface area contributed by atoms with Gasteiger partial charge in [0.05, 0.1) is 5.75 Å². The van der Waals surface area contributed by atoms with Gasteiger partial charge in [0.1, 0.15) is 0 Å². The van der Waals surface area contributed by atoms with Crippen molar-refractivity contribution in [3.63, 3.8) is 0 Å². The van der Waals surface area contributed by atoms with Gasteiger partial charge in [0.25, 0.3) is 0 Å². The van der Waals surface area contributed by atoms with Crippen LogP contribution in [0.25, 0.3) is 0 Å². The Bertz CT molecular complexity index is 371. The summed E-state index contributed by atoms with van der Waals surface area (Å²) in [7, 11) is 1.61. The number of amidine groups is 1. The smallest absolute Gasteiger partial charge is 0.173 e. The first-order valence-electron chi connectivity index (χ1n) is 4.58. The van der Waals surface area contributed by atoms with Gasteiger partial charge in [-0.1, -0.05) is 41.6 Å². The molecule has 0 heterocycles. The van der Waals surface area contributed by atoms with E-state index in [0.29, 0.717) is 10.9 Å². The second kappa shape index (κ2) is 5.56. The number of carbonyl (C=O) groups excluding carboxylic acids is 1. The lowest BCUT2D eigenvalue weighted by Gasteiger charge is -2.01. The topological polar surface area (TPSA) is 55.4 Å². The molecule has 0 unspecified atom stereocenters. The first kappa shape index (κ1) is 11.8. The third-order valence-electron chi connectivity index (χ3n) is 1.95. The summed E-state index contributed by atoms with van der Waals surface area (Å²) in [4.78, 5) is 15.4. The van der Waals surface area contributed by atoms with Gasteiger partial charge in [0.15, 0.2) is 11.0 Å². The van der Waals surface area contributed by atoms with Crippen LogP contribution >= 0.6 is 11.8 Å². The average molecular weight is 222 g/mol. The van der Waals surface area contributed by atoms with Crippen molar-refractivity contribution in [3.05, 3.63) is 35.4 Å². The van der Waals surface area contributed by atoms with Gasteiger partial charge in [0, 0.05) is 12.6 Å². The maximum absolute atomic E-state index is 11.6. The Labute approximate surface area is 93.8 Å². The highest BCUT2D eigenvalue weighted by atomic mass is 32.2. The molecule has 0 aliphatic carbocycles. The van der Waals surface area contributed by atoms with Gasteiger partial charge in [-0.2, -0.15) is 0 Å². The van der Waals surface area contributed by atoms with Crippen molar-refractivity contribution < 1.29 is 4.79 Å². The Morgan fingerprint density at radius 1 is 1.40 bits per heavy atom. The summed E-state index contributed by atoms with van der Waals surface area (Å²) < 4.78 is 0. The highest BCUT2D eigenvalue weighted by Gasteiger charge is 2.06. The summed E-state index contributed by atoms with van der Waals surface area (Å²) in [5.74, 6) is 0.415. The van der Waals surface area contributed by atoms with Gasteiger partial charge in [-0.25, -0.2) is 0 Å². The molecule has 1 aromatic carbocycles. The minimum Gasteiger partial charge on any atom is -0.379 e. The fourth-order valence-corrected chi connectivity index (χ4v) is 1.60. The summed E-state index contributed by atoms with van der Waals surface area (Å²) >= 11 is 1.26. The third kappa shape index (κ3) is 3.75. The molecule has 0 bridgehead atoms. The van der Waals surface area contributed by atoms with Crippen molar-refractivity contribution in [2.24, 2.45) is 10.7 Å². The van der Waals surface area contributed by atoms with Crippen LogP contribution in [0.4, 0.5) is 0 Å². The van der Waals surface area contributed by atoms with Gasteiger partial charge < -0.3 is 5.73 Å². The first-order chi connectivity index (χ1) is 7.13. The number of ketones is 1. The Balaban J connectivity index is 2.58. The van der Waals surface area contributed by atoms with Gasteiger partial charge in [-0.3, -0.25) is 9.79 Å².